The Balaban J connectivity index is 2.14. The first-order chi connectivity index (χ1) is 9.11. The Morgan fingerprint density at radius 2 is 2.00 bits per heavy atom. The van der Waals surface area contributed by atoms with E-state index >= 15 is 0 Å². The number of aryl methyl sites for hydroxylation is 1. The molecule has 0 aliphatic carbocycles. The fourth-order valence-corrected chi connectivity index (χ4v) is 1.47. The van der Waals surface area contributed by atoms with Crippen LogP contribution in [0.1, 0.15) is 17.0 Å². The minimum Gasteiger partial charge on any atom is -0.377 e. The number of nitrogens with one attached hydrogen (secondary N) is 1. The van der Waals surface area contributed by atoms with Crippen molar-refractivity contribution in [2.75, 3.05) is 5.32 Å². The molecule has 0 amide bonds. The van der Waals surface area contributed by atoms with Crippen LogP contribution in [0.15, 0.2) is 24.5 Å². The van der Waals surface area contributed by atoms with Crippen molar-refractivity contribution in [3.8, 4) is 6.07 Å². The molecule has 0 aliphatic rings. The van der Waals surface area contributed by atoms with Crippen molar-refractivity contribution in [3.05, 3.63) is 53.1 Å². The maximum atomic E-state index is 13.6. The van der Waals surface area contributed by atoms with Crippen molar-refractivity contribution in [2.24, 2.45) is 0 Å². The highest BCUT2D eigenvalue weighted by Crippen LogP contribution is 2.20. The van der Waals surface area contributed by atoms with Crippen LogP contribution in [0.3, 0.4) is 0 Å². The van der Waals surface area contributed by atoms with E-state index in [1.54, 1.807) is 25.4 Å². The van der Waals surface area contributed by atoms with Crippen LogP contribution in [0, 0.1) is 29.9 Å². The molecule has 1 aromatic heterocycles. The Morgan fingerprint density at radius 1 is 1.21 bits per heavy atom. The second-order valence-electron chi connectivity index (χ2n) is 3.90. The second-order valence-corrected chi connectivity index (χ2v) is 3.90. The molecule has 0 saturated carbocycles. The van der Waals surface area contributed by atoms with Crippen molar-refractivity contribution in [2.45, 2.75) is 13.5 Å². The van der Waals surface area contributed by atoms with E-state index in [0.717, 1.165) is 5.69 Å². The van der Waals surface area contributed by atoms with Gasteiger partial charge in [0.2, 0.25) is 0 Å². The van der Waals surface area contributed by atoms with Crippen molar-refractivity contribution in [3.63, 3.8) is 0 Å². The largest absolute Gasteiger partial charge is 0.377 e. The van der Waals surface area contributed by atoms with Gasteiger partial charge in [-0.3, -0.25) is 9.97 Å². The Labute approximate surface area is 108 Å². The quantitative estimate of drug-likeness (QED) is 0.921. The Hall–Kier alpha value is -2.55. The standard InChI is InChI=1S/C13H10F2N4/c1-8-5-18-10(6-17-8)7-19-11-3-2-9(4-16)12(14)13(11)15/h2-3,5-6,19H,7H2,1H3. The van der Waals surface area contributed by atoms with E-state index in [0.29, 0.717) is 5.69 Å². The van der Waals surface area contributed by atoms with Crippen LogP contribution in [-0.2, 0) is 6.54 Å². The van der Waals surface area contributed by atoms with E-state index in [4.69, 9.17) is 5.26 Å². The molecule has 1 N–H and O–H groups in total. The average molecular weight is 260 g/mol. The predicted molar refractivity (Wildman–Crippen MR) is 65.2 cm³/mol. The highest BCUT2D eigenvalue weighted by Gasteiger charge is 2.12. The highest BCUT2D eigenvalue weighted by atomic mass is 19.2. The summed E-state index contributed by atoms with van der Waals surface area (Å²) in [7, 11) is 0. The number of hydrogen-bond acceptors (Lipinski definition) is 4. The van der Waals surface area contributed by atoms with E-state index in [9.17, 15) is 8.78 Å². The summed E-state index contributed by atoms with van der Waals surface area (Å²) in [5, 5.41) is 11.3. The smallest absolute Gasteiger partial charge is 0.183 e. The molecule has 0 atom stereocenters. The van der Waals surface area contributed by atoms with Crippen LogP contribution in [0.2, 0.25) is 0 Å². The number of nitriles is 1. The van der Waals surface area contributed by atoms with Gasteiger partial charge in [0.1, 0.15) is 6.07 Å². The molecular weight excluding hydrogens is 250 g/mol. The van der Waals surface area contributed by atoms with Crippen LogP contribution >= 0.6 is 0 Å². The van der Waals surface area contributed by atoms with Gasteiger partial charge in [0.25, 0.3) is 0 Å². The summed E-state index contributed by atoms with van der Waals surface area (Å²) in [5.74, 6) is -2.22. The van der Waals surface area contributed by atoms with Crippen LogP contribution in [0.25, 0.3) is 0 Å². The van der Waals surface area contributed by atoms with Gasteiger partial charge in [0.15, 0.2) is 11.6 Å². The summed E-state index contributed by atoms with van der Waals surface area (Å²) in [6, 6.07) is 4.12. The number of hydrogen-bond donors (Lipinski definition) is 1. The summed E-state index contributed by atoms with van der Waals surface area (Å²) in [6.07, 6.45) is 3.15. The first-order valence-electron chi connectivity index (χ1n) is 5.51. The molecule has 2 rings (SSSR count). The van der Waals surface area contributed by atoms with E-state index in [-0.39, 0.29) is 17.8 Å². The third-order valence-corrected chi connectivity index (χ3v) is 2.50. The first-order valence-corrected chi connectivity index (χ1v) is 5.51. The van der Waals surface area contributed by atoms with Gasteiger partial charge in [-0.1, -0.05) is 0 Å². The van der Waals surface area contributed by atoms with Crippen LogP contribution < -0.4 is 5.32 Å². The average Bonchev–Trinajstić information content (AvgIpc) is 2.42. The van der Waals surface area contributed by atoms with Crippen LogP contribution in [0.4, 0.5) is 14.5 Å². The number of benzene rings is 1. The molecule has 1 heterocycles. The number of nitrogens with zero attached hydrogens (tertiary/aromatic N) is 3. The topological polar surface area (TPSA) is 61.6 Å². The van der Waals surface area contributed by atoms with Gasteiger partial charge in [-0.15, -0.1) is 0 Å². The summed E-state index contributed by atoms with van der Waals surface area (Å²) in [5.41, 5.74) is 1.05. The van der Waals surface area contributed by atoms with Crippen LogP contribution in [-0.4, -0.2) is 9.97 Å². The summed E-state index contributed by atoms with van der Waals surface area (Å²) in [4.78, 5) is 8.13. The molecule has 96 valence electrons. The van der Waals surface area contributed by atoms with Gasteiger partial charge in [-0.05, 0) is 19.1 Å². The Morgan fingerprint density at radius 3 is 2.63 bits per heavy atom. The summed E-state index contributed by atoms with van der Waals surface area (Å²) < 4.78 is 27.0. The maximum Gasteiger partial charge on any atom is 0.183 e. The van der Waals surface area contributed by atoms with Gasteiger partial charge in [0, 0.05) is 6.20 Å². The lowest BCUT2D eigenvalue weighted by Gasteiger charge is -2.08. The van der Waals surface area contributed by atoms with Gasteiger partial charge in [-0.2, -0.15) is 5.26 Å². The summed E-state index contributed by atoms with van der Waals surface area (Å²) >= 11 is 0. The van der Waals surface area contributed by atoms with Gasteiger partial charge < -0.3 is 5.32 Å². The fraction of sp³-hybridized carbons (Fsp3) is 0.154. The van der Waals surface area contributed by atoms with Crippen molar-refractivity contribution in [1.82, 2.24) is 9.97 Å². The predicted octanol–water partition coefficient (Wildman–Crippen LogP) is 2.55. The monoisotopic (exact) mass is 260 g/mol. The zero-order valence-electron chi connectivity index (χ0n) is 10.1. The Bertz CT molecular complexity index is 632. The fourth-order valence-electron chi connectivity index (χ4n) is 1.47. The highest BCUT2D eigenvalue weighted by molar-refractivity contribution is 5.49. The molecule has 0 fully saturated rings. The molecule has 6 heteroatoms. The molecule has 1 aromatic carbocycles. The van der Waals surface area contributed by atoms with E-state index in [1.165, 1.54) is 12.1 Å². The zero-order chi connectivity index (χ0) is 13.8. The molecule has 2 aromatic rings. The van der Waals surface area contributed by atoms with Crippen molar-refractivity contribution in [1.29, 1.82) is 5.26 Å². The molecule has 4 nitrogen and oxygen atoms in total. The third kappa shape index (κ3) is 2.83. The third-order valence-electron chi connectivity index (χ3n) is 2.50. The lowest BCUT2D eigenvalue weighted by atomic mass is 10.2. The van der Waals surface area contributed by atoms with Crippen LogP contribution in [0.5, 0.6) is 0 Å². The number of halogens is 2. The van der Waals surface area contributed by atoms with E-state index < -0.39 is 11.6 Å². The SMILES string of the molecule is Cc1cnc(CNc2ccc(C#N)c(F)c2F)cn1. The molecule has 0 saturated heterocycles. The number of aromatic nitrogens is 2. The Kier molecular flexibility index (Phi) is 3.66. The number of anilines is 1. The molecular formula is C13H10F2N4. The molecule has 0 bridgehead atoms. The molecule has 0 unspecified atom stereocenters. The lowest BCUT2D eigenvalue weighted by Crippen LogP contribution is -2.05. The molecule has 0 radical (unpaired) electrons. The lowest BCUT2D eigenvalue weighted by molar-refractivity contribution is 0.508. The number of rotatable bonds is 3. The molecule has 19 heavy (non-hydrogen) atoms. The van der Waals surface area contributed by atoms with Gasteiger partial charge in [-0.25, -0.2) is 8.78 Å². The van der Waals surface area contributed by atoms with E-state index in [1.807, 2.05) is 0 Å². The molecule has 0 aliphatic heterocycles. The van der Waals surface area contributed by atoms with Crippen molar-refractivity contribution < 1.29 is 8.78 Å². The summed E-state index contributed by atoms with van der Waals surface area (Å²) in [6.45, 7) is 2.02. The van der Waals surface area contributed by atoms with Crippen molar-refractivity contribution >= 4 is 5.69 Å². The minimum atomic E-state index is -1.15. The normalized spacial score (nSPS) is 10.0. The van der Waals surface area contributed by atoms with Gasteiger partial charge in [0.05, 0.1) is 35.4 Å². The first kappa shape index (κ1) is 12.9. The zero-order valence-corrected chi connectivity index (χ0v) is 10.1. The second kappa shape index (κ2) is 5.40. The molecule has 0 spiro atoms. The minimum absolute atomic E-state index is 0.0149. The maximum absolute atomic E-state index is 13.6. The van der Waals surface area contributed by atoms with E-state index in [2.05, 4.69) is 15.3 Å². The van der Waals surface area contributed by atoms with Gasteiger partial charge >= 0.3 is 0 Å².